The summed E-state index contributed by atoms with van der Waals surface area (Å²) in [6.45, 7) is 7.45. The van der Waals surface area contributed by atoms with Crippen molar-refractivity contribution in [3.63, 3.8) is 0 Å². The first-order valence-corrected chi connectivity index (χ1v) is 11.7. The van der Waals surface area contributed by atoms with Crippen molar-refractivity contribution in [1.82, 2.24) is 19.8 Å². The van der Waals surface area contributed by atoms with E-state index in [0.29, 0.717) is 18.3 Å². The second-order valence-electron chi connectivity index (χ2n) is 9.51. The van der Waals surface area contributed by atoms with Crippen LogP contribution in [0.5, 0.6) is 0 Å². The van der Waals surface area contributed by atoms with E-state index in [-0.39, 0.29) is 17.3 Å². The Labute approximate surface area is 193 Å². The van der Waals surface area contributed by atoms with Crippen LogP contribution in [0.25, 0.3) is 11.1 Å². The van der Waals surface area contributed by atoms with Gasteiger partial charge in [-0.05, 0) is 38.3 Å². The highest BCUT2D eigenvalue weighted by atomic mass is 19.1. The average molecular weight is 455 g/mol. The average Bonchev–Trinajstić information content (AvgIpc) is 3.24. The highest BCUT2D eigenvalue weighted by molar-refractivity contribution is 5.77. The Morgan fingerprint density at radius 1 is 1.21 bits per heavy atom. The fraction of sp³-hybridized carbons (Fsp3) is 0.542. The lowest BCUT2D eigenvalue weighted by Gasteiger charge is -2.48. The van der Waals surface area contributed by atoms with Crippen molar-refractivity contribution in [2.75, 3.05) is 56.5 Å². The summed E-state index contributed by atoms with van der Waals surface area (Å²) < 4.78 is 19.2. The molecule has 3 fully saturated rings. The molecule has 3 aliphatic rings. The molecule has 2 aromatic rings. The van der Waals surface area contributed by atoms with Crippen LogP contribution in [-0.2, 0) is 4.74 Å². The minimum Gasteiger partial charge on any atom is -0.450 e. The number of halogens is 1. The fourth-order valence-corrected chi connectivity index (χ4v) is 5.68. The van der Waals surface area contributed by atoms with E-state index in [0.717, 1.165) is 62.6 Å². The van der Waals surface area contributed by atoms with E-state index in [9.17, 15) is 9.18 Å². The van der Waals surface area contributed by atoms with Gasteiger partial charge in [0.15, 0.2) is 0 Å². The number of carbonyl (C=O) groups is 1. The second kappa shape index (κ2) is 8.78. The molecule has 0 unspecified atom stereocenters. The normalized spacial score (nSPS) is 22.4. The van der Waals surface area contributed by atoms with Crippen LogP contribution in [0, 0.1) is 11.2 Å². The molecule has 4 heterocycles. The molecule has 1 amide bonds. The maximum Gasteiger partial charge on any atom is 0.409 e. The molecule has 2 saturated heterocycles. The van der Waals surface area contributed by atoms with Crippen LogP contribution in [0.1, 0.15) is 26.2 Å². The summed E-state index contributed by atoms with van der Waals surface area (Å²) in [4.78, 5) is 27.2. The summed E-state index contributed by atoms with van der Waals surface area (Å²) in [5.41, 5.74) is 8.20. The molecule has 2 N–H and O–H groups in total. The SMILES string of the molecule is CCOC(=O)N1CC2(CC[C@@H](N3CCN(c4ncc(F)cc4-c4cncc(N)c4)CC3)C2)C1. The summed E-state index contributed by atoms with van der Waals surface area (Å²) in [5, 5.41) is 0. The molecule has 1 spiro atoms. The number of hydrogen-bond acceptors (Lipinski definition) is 7. The Balaban J connectivity index is 1.21. The minimum atomic E-state index is -0.372. The van der Waals surface area contributed by atoms with Crippen molar-refractivity contribution in [2.45, 2.75) is 32.2 Å². The van der Waals surface area contributed by atoms with Gasteiger partial charge in [0.05, 0.1) is 18.5 Å². The molecular weight excluding hydrogens is 423 g/mol. The lowest BCUT2D eigenvalue weighted by atomic mass is 9.78. The molecule has 9 heteroatoms. The Hall–Kier alpha value is -2.94. The number of likely N-dealkylation sites (tertiary alicyclic amines) is 1. The first kappa shape index (κ1) is 21.9. The smallest absolute Gasteiger partial charge is 0.409 e. The number of aromatic nitrogens is 2. The van der Waals surface area contributed by atoms with Crippen LogP contribution in [0.15, 0.2) is 30.7 Å². The number of nitrogen functional groups attached to an aromatic ring is 1. The number of hydrogen-bond donors (Lipinski definition) is 1. The number of ether oxygens (including phenoxy) is 1. The number of carbonyl (C=O) groups excluding carboxylic acids is 1. The number of amides is 1. The van der Waals surface area contributed by atoms with Crippen molar-refractivity contribution < 1.29 is 13.9 Å². The van der Waals surface area contributed by atoms with Gasteiger partial charge in [-0.3, -0.25) is 9.88 Å². The predicted molar refractivity (Wildman–Crippen MR) is 124 cm³/mol. The van der Waals surface area contributed by atoms with E-state index < -0.39 is 0 Å². The van der Waals surface area contributed by atoms with Crippen molar-refractivity contribution in [3.8, 4) is 11.1 Å². The third-order valence-corrected chi connectivity index (χ3v) is 7.29. The van der Waals surface area contributed by atoms with Gasteiger partial charge in [0.25, 0.3) is 0 Å². The lowest BCUT2D eigenvalue weighted by Crippen LogP contribution is -2.58. The molecule has 8 nitrogen and oxygen atoms in total. The van der Waals surface area contributed by atoms with Crippen LogP contribution in [-0.4, -0.2) is 77.8 Å². The van der Waals surface area contributed by atoms with Gasteiger partial charge >= 0.3 is 6.09 Å². The summed E-state index contributed by atoms with van der Waals surface area (Å²) in [6.07, 6.45) is 7.85. The zero-order chi connectivity index (χ0) is 23.0. The zero-order valence-electron chi connectivity index (χ0n) is 19.0. The number of pyridine rings is 2. The molecule has 1 saturated carbocycles. The maximum absolute atomic E-state index is 14.0. The van der Waals surface area contributed by atoms with Gasteiger partial charge in [-0.1, -0.05) is 0 Å². The van der Waals surface area contributed by atoms with Gasteiger partial charge in [-0.2, -0.15) is 0 Å². The Bertz CT molecular complexity index is 1020. The summed E-state index contributed by atoms with van der Waals surface area (Å²) in [7, 11) is 0. The van der Waals surface area contributed by atoms with Crippen molar-refractivity contribution in [2.24, 2.45) is 5.41 Å². The Morgan fingerprint density at radius 3 is 2.73 bits per heavy atom. The fourth-order valence-electron chi connectivity index (χ4n) is 5.68. The molecule has 0 bridgehead atoms. The van der Waals surface area contributed by atoms with Crippen LogP contribution in [0.3, 0.4) is 0 Å². The van der Waals surface area contributed by atoms with E-state index in [2.05, 4.69) is 19.8 Å². The van der Waals surface area contributed by atoms with Crippen LogP contribution in [0.4, 0.5) is 20.7 Å². The Kier molecular flexibility index (Phi) is 5.82. The van der Waals surface area contributed by atoms with Crippen LogP contribution < -0.4 is 10.6 Å². The van der Waals surface area contributed by atoms with Gasteiger partial charge in [0, 0.05) is 74.2 Å². The summed E-state index contributed by atoms with van der Waals surface area (Å²) in [5.74, 6) is 0.402. The van der Waals surface area contributed by atoms with E-state index in [4.69, 9.17) is 10.5 Å². The molecule has 1 aliphatic carbocycles. The highest BCUT2D eigenvalue weighted by Gasteiger charge is 2.51. The standard InChI is InChI=1S/C24H31FN6O2/c1-2-33-23(32)31-15-24(16-31)4-3-20(11-24)29-5-7-30(8-6-29)22-21(10-18(25)13-28-22)17-9-19(26)14-27-12-17/h9-10,12-14,20H,2-8,11,15-16,26H2,1H3/t20-/m1/s1. The first-order chi connectivity index (χ1) is 16.0. The number of piperazine rings is 1. The Morgan fingerprint density at radius 2 is 2.00 bits per heavy atom. The van der Waals surface area contributed by atoms with Crippen molar-refractivity contribution >= 4 is 17.6 Å². The third-order valence-electron chi connectivity index (χ3n) is 7.29. The zero-order valence-corrected chi connectivity index (χ0v) is 19.0. The maximum atomic E-state index is 14.0. The molecule has 2 aliphatic heterocycles. The van der Waals surface area contributed by atoms with E-state index in [1.54, 1.807) is 18.5 Å². The number of rotatable bonds is 4. The second-order valence-corrected chi connectivity index (χ2v) is 9.51. The molecule has 2 aromatic heterocycles. The van der Waals surface area contributed by atoms with E-state index >= 15 is 0 Å². The number of nitrogens with zero attached hydrogens (tertiary/aromatic N) is 5. The van der Waals surface area contributed by atoms with Gasteiger partial charge in [-0.25, -0.2) is 14.2 Å². The number of nitrogens with two attached hydrogens (primary N) is 1. The molecule has 0 radical (unpaired) electrons. The van der Waals surface area contributed by atoms with Crippen molar-refractivity contribution in [3.05, 3.63) is 36.5 Å². The molecule has 0 aromatic carbocycles. The predicted octanol–water partition coefficient (Wildman–Crippen LogP) is 3.00. The molecule has 33 heavy (non-hydrogen) atoms. The monoisotopic (exact) mass is 454 g/mol. The lowest BCUT2D eigenvalue weighted by molar-refractivity contribution is -0.00294. The van der Waals surface area contributed by atoms with Gasteiger partial charge in [-0.15, -0.1) is 0 Å². The first-order valence-electron chi connectivity index (χ1n) is 11.7. The molecule has 1 atom stereocenters. The topological polar surface area (TPSA) is 87.8 Å². The third kappa shape index (κ3) is 4.34. The number of anilines is 2. The largest absolute Gasteiger partial charge is 0.450 e. The molecular formula is C24H31FN6O2. The van der Waals surface area contributed by atoms with Gasteiger partial charge in [0.2, 0.25) is 0 Å². The van der Waals surface area contributed by atoms with Crippen molar-refractivity contribution in [1.29, 1.82) is 0 Å². The highest BCUT2D eigenvalue weighted by Crippen LogP contribution is 2.47. The van der Waals surface area contributed by atoms with Crippen LogP contribution >= 0.6 is 0 Å². The molecule has 176 valence electrons. The summed E-state index contributed by atoms with van der Waals surface area (Å²) in [6, 6.07) is 3.87. The summed E-state index contributed by atoms with van der Waals surface area (Å²) >= 11 is 0. The van der Waals surface area contributed by atoms with E-state index in [1.807, 2.05) is 11.8 Å². The quantitative estimate of drug-likeness (QED) is 0.760. The van der Waals surface area contributed by atoms with Crippen LogP contribution in [0.2, 0.25) is 0 Å². The van der Waals surface area contributed by atoms with Gasteiger partial charge < -0.3 is 20.3 Å². The molecule has 5 rings (SSSR count). The minimum absolute atomic E-state index is 0.182. The van der Waals surface area contributed by atoms with E-state index in [1.165, 1.54) is 25.1 Å². The van der Waals surface area contributed by atoms with Gasteiger partial charge in [0.1, 0.15) is 11.6 Å².